The van der Waals surface area contributed by atoms with Crippen molar-refractivity contribution in [1.82, 2.24) is 0 Å². The van der Waals surface area contributed by atoms with Crippen molar-refractivity contribution in [3.8, 4) is 5.75 Å². The number of ether oxygens (including phenoxy) is 1. The summed E-state index contributed by atoms with van der Waals surface area (Å²) in [5, 5.41) is 1.39. The van der Waals surface area contributed by atoms with Crippen molar-refractivity contribution in [1.29, 1.82) is 0 Å². The van der Waals surface area contributed by atoms with E-state index < -0.39 is 0 Å². The van der Waals surface area contributed by atoms with Crippen LogP contribution >= 0.6 is 35.0 Å². The highest BCUT2D eigenvalue weighted by Crippen LogP contribution is 2.33. The van der Waals surface area contributed by atoms with Crippen molar-refractivity contribution in [3.05, 3.63) is 52.0 Å². The maximum Gasteiger partial charge on any atom is 0.141 e. The monoisotopic (exact) mass is 313 g/mol. The van der Waals surface area contributed by atoms with Crippen LogP contribution in [0, 0.1) is 0 Å². The highest BCUT2D eigenvalue weighted by molar-refractivity contribution is 7.98. The molecule has 2 rings (SSSR count). The fourth-order valence-electron chi connectivity index (χ4n) is 1.62. The lowest BCUT2D eigenvalue weighted by Gasteiger charge is -2.08. The van der Waals surface area contributed by atoms with Gasteiger partial charge in [0.15, 0.2) is 0 Å². The molecule has 0 amide bonds. The molecule has 2 aromatic rings. The van der Waals surface area contributed by atoms with E-state index in [9.17, 15) is 0 Å². The Kier molecular flexibility index (Phi) is 4.86. The second-order valence-electron chi connectivity index (χ2n) is 3.94. The van der Waals surface area contributed by atoms with E-state index in [1.807, 2.05) is 24.3 Å². The number of hydrogen-bond donors (Lipinski definition) is 1. The third-order valence-corrected chi connectivity index (χ3v) is 4.38. The van der Waals surface area contributed by atoms with Gasteiger partial charge >= 0.3 is 0 Å². The minimum Gasteiger partial charge on any atom is -0.495 e. The molecule has 0 bridgehead atoms. The third kappa shape index (κ3) is 3.72. The number of benzene rings is 2. The van der Waals surface area contributed by atoms with E-state index in [1.54, 1.807) is 31.0 Å². The molecule has 0 unspecified atom stereocenters. The summed E-state index contributed by atoms with van der Waals surface area (Å²) in [6, 6.07) is 11.2. The molecular weight excluding hydrogens is 301 g/mol. The van der Waals surface area contributed by atoms with Gasteiger partial charge in [0.1, 0.15) is 5.75 Å². The summed E-state index contributed by atoms with van der Waals surface area (Å²) in [5.41, 5.74) is 7.62. The van der Waals surface area contributed by atoms with Crippen LogP contribution in [0.25, 0.3) is 0 Å². The molecule has 0 saturated carbocycles. The minimum absolute atomic E-state index is 0.637. The molecule has 0 spiro atoms. The van der Waals surface area contributed by atoms with Crippen LogP contribution in [0.2, 0.25) is 10.0 Å². The van der Waals surface area contributed by atoms with Crippen molar-refractivity contribution < 1.29 is 4.74 Å². The number of halogens is 2. The van der Waals surface area contributed by atoms with E-state index >= 15 is 0 Å². The summed E-state index contributed by atoms with van der Waals surface area (Å²) in [5.74, 6) is 1.46. The van der Waals surface area contributed by atoms with Gasteiger partial charge in [-0.2, -0.15) is 0 Å². The number of nitrogen functional groups attached to an aromatic ring is 1. The fourth-order valence-corrected chi connectivity index (χ4v) is 3.06. The predicted octanol–water partition coefficient (Wildman–Crippen LogP) is 4.88. The number of methoxy groups -OCH3 is 1. The number of nitrogens with two attached hydrogens (primary N) is 1. The quantitative estimate of drug-likeness (QED) is 0.645. The van der Waals surface area contributed by atoms with Gasteiger partial charge in [-0.3, -0.25) is 0 Å². The first-order valence-electron chi connectivity index (χ1n) is 5.60. The zero-order chi connectivity index (χ0) is 13.8. The molecule has 2 aromatic carbocycles. The molecule has 0 atom stereocenters. The van der Waals surface area contributed by atoms with Crippen LogP contribution in [-0.2, 0) is 5.75 Å². The van der Waals surface area contributed by atoms with Crippen molar-refractivity contribution in [2.24, 2.45) is 0 Å². The standard InChI is InChI=1S/C14H13Cl2NOS/c1-18-13-5-2-9(6-12(13)17)8-19-14-7-10(15)3-4-11(14)16/h2-7H,8,17H2,1H3. The van der Waals surface area contributed by atoms with Gasteiger partial charge < -0.3 is 10.5 Å². The Balaban J connectivity index is 2.10. The highest BCUT2D eigenvalue weighted by atomic mass is 35.5. The lowest BCUT2D eigenvalue weighted by molar-refractivity contribution is 0.417. The summed E-state index contributed by atoms with van der Waals surface area (Å²) >= 11 is 13.7. The number of hydrogen-bond acceptors (Lipinski definition) is 3. The Labute approximate surface area is 126 Å². The molecule has 0 saturated heterocycles. The van der Waals surface area contributed by atoms with Crippen LogP contribution in [0.5, 0.6) is 5.75 Å². The lowest BCUT2D eigenvalue weighted by Crippen LogP contribution is -1.93. The lowest BCUT2D eigenvalue weighted by atomic mass is 10.2. The maximum atomic E-state index is 6.12. The molecule has 0 aliphatic rings. The Bertz CT molecular complexity index is 590. The molecule has 0 aromatic heterocycles. The Hall–Kier alpha value is -1.03. The van der Waals surface area contributed by atoms with Gasteiger partial charge in [0, 0.05) is 15.7 Å². The van der Waals surface area contributed by atoms with Crippen LogP contribution < -0.4 is 10.5 Å². The Morgan fingerprint density at radius 2 is 1.95 bits per heavy atom. The average Bonchev–Trinajstić information content (AvgIpc) is 2.40. The van der Waals surface area contributed by atoms with E-state index in [0.29, 0.717) is 21.5 Å². The molecule has 100 valence electrons. The van der Waals surface area contributed by atoms with E-state index in [1.165, 1.54) is 0 Å². The van der Waals surface area contributed by atoms with Crippen molar-refractivity contribution >= 4 is 40.7 Å². The van der Waals surface area contributed by atoms with Crippen LogP contribution in [0.4, 0.5) is 5.69 Å². The molecule has 0 radical (unpaired) electrons. The first kappa shape index (κ1) is 14.4. The predicted molar refractivity (Wildman–Crippen MR) is 83.4 cm³/mol. The highest BCUT2D eigenvalue weighted by Gasteiger charge is 2.05. The van der Waals surface area contributed by atoms with Gasteiger partial charge in [-0.05, 0) is 35.9 Å². The van der Waals surface area contributed by atoms with Crippen molar-refractivity contribution in [2.45, 2.75) is 10.6 Å². The van der Waals surface area contributed by atoms with Gasteiger partial charge in [-0.25, -0.2) is 0 Å². The largest absolute Gasteiger partial charge is 0.495 e. The normalized spacial score (nSPS) is 10.5. The zero-order valence-corrected chi connectivity index (χ0v) is 12.6. The second kappa shape index (κ2) is 6.42. The molecule has 19 heavy (non-hydrogen) atoms. The number of thioether (sulfide) groups is 1. The number of anilines is 1. The van der Waals surface area contributed by atoms with Crippen LogP contribution in [-0.4, -0.2) is 7.11 Å². The number of rotatable bonds is 4. The summed E-state index contributed by atoms with van der Waals surface area (Å²) < 4.78 is 5.13. The molecular formula is C14H13Cl2NOS. The first-order valence-corrected chi connectivity index (χ1v) is 7.34. The van der Waals surface area contributed by atoms with Crippen LogP contribution in [0.3, 0.4) is 0 Å². The summed E-state index contributed by atoms with van der Waals surface area (Å²) in [7, 11) is 1.60. The van der Waals surface area contributed by atoms with E-state index in [-0.39, 0.29) is 0 Å². The third-order valence-electron chi connectivity index (χ3n) is 2.58. The maximum absolute atomic E-state index is 6.12. The van der Waals surface area contributed by atoms with E-state index in [0.717, 1.165) is 16.2 Å². The fraction of sp³-hybridized carbons (Fsp3) is 0.143. The van der Waals surface area contributed by atoms with Crippen LogP contribution in [0.1, 0.15) is 5.56 Å². The average molecular weight is 314 g/mol. The molecule has 0 aliphatic carbocycles. The topological polar surface area (TPSA) is 35.2 Å². The van der Waals surface area contributed by atoms with Gasteiger partial charge in [-0.1, -0.05) is 29.3 Å². The van der Waals surface area contributed by atoms with E-state index in [4.69, 9.17) is 33.7 Å². The Morgan fingerprint density at radius 3 is 2.63 bits per heavy atom. The van der Waals surface area contributed by atoms with Gasteiger partial charge in [-0.15, -0.1) is 11.8 Å². The van der Waals surface area contributed by atoms with Gasteiger partial charge in [0.2, 0.25) is 0 Å². The van der Waals surface area contributed by atoms with Gasteiger partial charge in [0.25, 0.3) is 0 Å². The van der Waals surface area contributed by atoms with Crippen molar-refractivity contribution in [3.63, 3.8) is 0 Å². The molecule has 0 aliphatic heterocycles. The smallest absolute Gasteiger partial charge is 0.141 e. The SMILES string of the molecule is COc1ccc(CSc2cc(Cl)ccc2Cl)cc1N. The summed E-state index contributed by atoms with van der Waals surface area (Å²) in [4.78, 5) is 0.962. The van der Waals surface area contributed by atoms with Crippen LogP contribution in [0.15, 0.2) is 41.3 Å². The first-order chi connectivity index (χ1) is 9.10. The van der Waals surface area contributed by atoms with E-state index in [2.05, 4.69) is 0 Å². The molecule has 2 N–H and O–H groups in total. The molecule has 2 nitrogen and oxygen atoms in total. The summed E-state index contributed by atoms with van der Waals surface area (Å²) in [6.45, 7) is 0. The van der Waals surface area contributed by atoms with Crippen molar-refractivity contribution in [2.75, 3.05) is 12.8 Å². The van der Waals surface area contributed by atoms with Gasteiger partial charge in [0.05, 0.1) is 17.8 Å². The zero-order valence-electron chi connectivity index (χ0n) is 10.3. The second-order valence-corrected chi connectivity index (χ2v) is 5.80. The molecule has 0 fully saturated rings. The Morgan fingerprint density at radius 1 is 1.16 bits per heavy atom. The molecule has 0 heterocycles. The summed E-state index contributed by atoms with van der Waals surface area (Å²) in [6.07, 6.45) is 0. The molecule has 5 heteroatoms. The minimum atomic E-state index is 0.637.